The van der Waals surface area contributed by atoms with Gasteiger partial charge in [-0.3, -0.25) is 4.79 Å². The zero-order valence-electron chi connectivity index (χ0n) is 9.19. The van der Waals surface area contributed by atoms with Crippen LogP contribution in [-0.4, -0.2) is 42.6 Å². The lowest BCUT2D eigenvalue weighted by Gasteiger charge is -2.24. The third-order valence-corrected chi connectivity index (χ3v) is 2.77. The fourth-order valence-electron chi connectivity index (χ4n) is 1.54. The van der Waals surface area contributed by atoms with Gasteiger partial charge in [0.05, 0.1) is 6.10 Å². The lowest BCUT2D eigenvalue weighted by molar-refractivity contribution is -0.142. The SMILES string of the molecule is CC(C)N(C)C(=O)[C@@H]1CC[C@H](CN)O1. The minimum absolute atomic E-state index is 0.0736. The number of nitrogens with two attached hydrogens (primary N) is 1. The van der Waals surface area contributed by atoms with E-state index in [1.165, 1.54) is 0 Å². The van der Waals surface area contributed by atoms with E-state index in [9.17, 15) is 4.79 Å². The van der Waals surface area contributed by atoms with Crippen LogP contribution >= 0.6 is 0 Å². The molecule has 1 heterocycles. The Morgan fingerprint density at radius 1 is 1.57 bits per heavy atom. The van der Waals surface area contributed by atoms with E-state index in [0.717, 1.165) is 12.8 Å². The van der Waals surface area contributed by atoms with Crippen LogP contribution in [0.15, 0.2) is 0 Å². The number of hydrogen-bond donors (Lipinski definition) is 1. The number of carbonyl (C=O) groups excluding carboxylic acids is 1. The van der Waals surface area contributed by atoms with E-state index < -0.39 is 0 Å². The Morgan fingerprint density at radius 3 is 2.64 bits per heavy atom. The van der Waals surface area contributed by atoms with E-state index in [2.05, 4.69) is 0 Å². The summed E-state index contributed by atoms with van der Waals surface area (Å²) in [4.78, 5) is 13.5. The van der Waals surface area contributed by atoms with Crippen molar-refractivity contribution in [2.75, 3.05) is 13.6 Å². The van der Waals surface area contributed by atoms with Crippen molar-refractivity contribution in [3.8, 4) is 0 Å². The first kappa shape index (κ1) is 11.5. The first-order valence-corrected chi connectivity index (χ1v) is 5.18. The molecule has 0 spiro atoms. The summed E-state index contributed by atoms with van der Waals surface area (Å²) < 4.78 is 5.53. The number of likely N-dealkylation sites (N-methyl/N-ethyl adjacent to an activating group) is 1. The molecule has 2 N–H and O–H groups in total. The Labute approximate surface area is 85.4 Å². The number of hydrogen-bond acceptors (Lipinski definition) is 3. The molecule has 4 heteroatoms. The number of nitrogens with zero attached hydrogens (tertiary/aromatic N) is 1. The summed E-state index contributed by atoms with van der Waals surface area (Å²) >= 11 is 0. The molecule has 0 aromatic carbocycles. The minimum Gasteiger partial charge on any atom is -0.364 e. The molecule has 0 aromatic heterocycles. The zero-order chi connectivity index (χ0) is 10.7. The van der Waals surface area contributed by atoms with Crippen molar-refractivity contribution in [1.29, 1.82) is 0 Å². The van der Waals surface area contributed by atoms with E-state index in [4.69, 9.17) is 10.5 Å². The van der Waals surface area contributed by atoms with Gasteiger partial charge in [0.1, 0.15) is 6.10 Å². The number of carbonyl (C=O) groups is 1. The molecule has 1 fully saturated rings. The van der Waals surface area contributed by atoms with Gasteiger partial charge in [-0.25, -0.2) is 0 Å². The number of amides is 1. The van der Waals surface area contributed by atoms with Crippen LogP contribution in [-0.2, 0) is 9.53 Å². The molecule has 1 aliphatic heterocycles. The summed E-state index contributed by atoms with van der Waals surface area (Å²) in [6, 6.07) is 0.225. The minimum atomic E-state index is -0.268. The Bertz CT molecular complexity index is 206. The van der Waals surface area contributed by atoms with Gasteiger partial charge < -0.3 is 15.4 Å². The topological polar surface area (TPSA) is 55.6 Å². The smallest absolute Gasteiger partial charge is 0.251 e. The molecule has 1 saturated heterocycles. The molecular weight excluding hydrogens is 180 g/mol. The van der Waals surface area contributed by atoms with Crippen LogP contribution in [0.25, 0.3) is 0 Å². The normalized spacial score (nSPS) is 26.9. The summed E-state index contributed by atoms with van der Waals surface area (Å²) in [6.07, 6.45) is 1.51. The maximum Gasteiger partial charge on any atom is 0.251 e. The highest BCUT2D eigenvalue weighted by Gasteiger charge is 2.32. The van der Waals surface area contributed by atoms with E-state index in [-0.39, 0.29) is 24.2 Å². The van der Waals surface area contributed by atoms with Gasteiger partial charge in [-0.15, -0.1) is 0 Å². The molecule has 0 aromatic rings. The molecule has 82 valence electrons. The highest BCUT2D eigenvalue weighted by Crippen LogP contribution is 2.20. The van der Waals surface area contributed by atoms with Gasteiger partial charge in [-0.1, -0.05) is 0 Å². The molecule has 2 atom stereocenters. The second-order valence-corrected chi connectivity index (χ2v) is 4.10. The lowest BCUT2D eigenvalue weighted by atomic mass is 10.1. The molecule has 1 aliphatic rings. The van der Waals surface area contributed by atoms with Gasteiger partial charge in [0.15, 0.2) is 0 Å². The van der Waals surface area contributed by atoms with Crippen molar-refractivity contribution in [3.63, 3.8) is 0 Å². The fourth-order valence-corrected chi connectivity index (χ4v) is 1.54. The quantitative estimate of drug-likeness (QED) is 0.715. The fraction of sp³-hybridized carbons (Fsp3) is 0.900. The Kier molecular flexibility index (Phi) is 3.89. The monoisotopic (exact) mass is 200 g/mol. The van der Waals surface area contributed by atoms with E-state index in [0.29, 0.717) is 6.54 Å². The highest BCUT2D eigenvalue weighted by atomic mass is 16.5. The van der Waals surface area contributed by atoms with Gasteiger partial charge in [0, 0.05) is 19.6 Å². The first-order valence-electron chi connectivity index (χ1n) is 5.18. The molecule has 0 radical (unpaired) electrons. The second kappa shape index (κ2) is 4.75. The molecule has 4 nitrogen and oxygen atoms in total. The molecule has 0 aliphatic carbocycles. The highest BCUT2D eigenvalue weighted by molar-refractivity contribution is 5.81. The molecule has 1 rings (SSSR count). The summed E-state index contributed by atoms with van der Waals surface area (Å²) in [5.41, 5.74) is 5.48. The van der Waals surface area contributed by atoms with Crippen LogP contribution in [0.3, 0.4) is 0 Å². The predicted octanol–water partition coefficient (Wildman–Crippen LogP) is 0.359. The zero-order valence-corrected chi connectivity index (χ0v) is 9.19. The van der Waals surface area contributed by atoms with Crippen molar-refractivity contribution >= 4 is 5.91 Å². The van der Waals surface area contributed by atoms with Gasteiger partial charge in [0.2, 0.25) is 0 Å². The van der Waals surface area contributed by atoms with E-state index in [1.807, 2.05) is 20.9 Å². The lowest BCUT2D eigenvalue weighted by Crippen LogP contribution is -2.40. The largest absolute Gasteiger partial charge is 0.364 e. The van der Waals surface area contributed by atoms with E-state index >= 15 is 0 Å². The van der Waals surface area contributed by atoms with Crippen LogP contribution in [0.2, 0.25) is 0 Å². The predicted molar refractivity (Wildman–Crippen MR) is 54.9 cm³/mol. The van der Waals surface area contributed by atoms with Crippen LogP contribution in [0, 0.1) is 0 Å². The van der Waals surface area contributed by atoms with Gasteiger partial charge in [0.25, 0.3) is 5.91 Å². The van der Waals surface area contributed by atoms with E-state index in [1.54, 1.807) is 4.90 Å². The Balaban J connectivity index is 2.47. The van der Waals surface area contributed by atoms with Gasteiger partial charge >= 0.3 is 0 Å². The molecule has 0 unspecified atom stereocenters. The van der Waals surface area contributed by atoms with Crippen molar-refractivity contribution in [2.24, 2.45) is 5.73 Å². The van der Waals surface area contributed by atoms with Crippen LogP contribution in [0.5, 0.6) is 0 Å². The first-order chi connectivity index (χ1) is 6.56. The molecule has 0 bridgehead atoms. The van der Waals surface area contributed by atoms with Crippen molar-refractivity contribution < 1.29 is 9.53 Å². The Morgan fingerprint density at radius 2 is 2.21 bits per heavy atom. The molecule has 0 saturated carbocycles. The third-order valence-electron chi connectivity index (χ3n) is 2.77. The summed E-state index contributed by atoms with van der Waals surface area (Å²) in [5.74, 6) is 0.0796. The van der Waals surface area contributed by atoms with Crippen molar-refractivity contribution in [3.05, 3.63) is 0 Å². The molecular formula is C10H20N2O2. The number of rotatable bonds is 3. The van der Waals surface area contributed by atoms with Crippen LogP contribution in [0.4, 0.5) is 0 Å². The second-order valence-electron chi connectivity index (χ2n) is 4.10. The summed E-state index contributed by atoms with van der Waals surface area (Å²) in [7, 11) is 1.81. The standard InChI is InChI=1S/C10H20N2O2/c1-7(2)12(3)10(13)9-5-4-8(6-11)14-9/h7-9H,4-6,11H2,1-3H3/t8-,9+/m1/s1. The van der Waals surface area contributed by atoms with Gasteiger partial charge in [-0.2, -0.15) is 0 Å². The van der Waals surface area contributed by atoms with Crippen LogP contribution in [0.1, 0.15) is 26.7 Å². The average Bonchev–Trinajstić information content (AvgIpc) is 2.63. The van der Waals surface area contributed by atoms with Crippen LogP contribution < -0.4 is 5.73 Å². The maximum absolute atomic E-state index is 11.8. The number of ether oxygens (including phenoxy) is 1. The molecule has 14 heavy (non-hydrogen) atoms. The van der Waals surface area contributed by atoms with Gasteiger partial charge in [-0.05, 0) is 26.7 Å². The summed E-state index contributed by atoms with van der Waals surface area (Å²) in [5, 5.41) is 0. The van der Waals surface area contributed by atoms with Crippen molar-refractivity contribution in [2.45, 2.75) is 44.9 Å². The third kappa shape index (κ3) is 2.45. The van der Waals surface area contributed by atoms with Crippen molar-refractivity contribution in [1.82, 2.24) is 4.90 Å². The average molecular weight is 200 g/mol. The summed E-state index contributed by atoms with van der Waals surface area (Å²) in [6.45, 7) is 4.50. The maximum atomic E-state index is 11.8. The Hall–Kier alpha value is -0.610. The molecule has 1 amide bonds.